The van der Waals surface area contributed by atoms with Crippen LogP contribution in [0.2, 0.25) is 0 Å². The number of hydrogen-bond acceptors (Lipinski definition) is 11. The number of aromatic amines is 2. The predicted molar refractivity (Wildman–Crippen MR) is 272 cm³/mol. The summed E-state index contributed by atoms with van der Waals surface area (Å²) in [4.78, 5) is 139. The van der Waals surface area contributed by atoms with E-state index in [2.05, 4.69) is 62.5 Å². The van der Waals surface area contributed by atoms with E-state index in [9.17, 15) is 48.3 Å². The summed E-state index contributed by atoms with van der Waals surface area (Å²) in [6, 6.07) is 6.21. The van der Waals surface area contributed by atoms with Crippen LogP contribution in [-0.4, -0.2) is 135 Å². The Bertz CT molecular complexity index is 2580. The Labute approximate surface area is 427 Å². The van der Waals surface area contributed by atoms with Crippen molar-refractivity contribution in [3.63, 3.8) is 0 Å². The number of imidazole rings is 1. The fraction of sp³-hybridized carbons (Fsp3) is 0.460. The molecule has 398 valence electrons. The van der Waals surface area contributed by atoms with Crippen molar-refractivity contribution >= 4 is 70.1 Å². The van der Waals surface area contributed by atoms with Crippen LogP contribution in [0.5, 0.6) is 0 Å². The number of hydrogen-bond donors (Lipinski definition) is 13. The lowest BCUT2D eigenvalue weighted by atomic mass is 10.0. The monoisotopic (exact) mass is 1020 g/mol. The number of carboxylic acid groups (broad SMARTS) is 1. The normalized spacial score (nSPS) is 21.3. The zero-order chi connectivity index (χ0) is 53.6. The van der Waals surface area contributed by atoms with E-state index in [0.717, 1.165) is 10.9 Å². The van der Waals surface area contributed by atoms with Gasteiger partial charge in [0, 0.05) is 68.3 Å². The average molecular weight is 1030 g/mol. The lowest BCUT2D eigenvalue weighted by molar-refractivity contribution is -0.142. The van der Waals surface area contributed by atoms with Crippen LogP contribution in [-0.2, 0) is 62.4 Å². The van der Waals surface area contributed by atoms with Crippen LogP contribution in [0.1, 0.15) is 88.5 Å². The van der Waals surface area contributed by atoms with E-state index in [-0.39, 0.29) is 76.8 Å². The molecule has 15 N–H and O–H groups in total. The number of nitrogens with two attached hydrogens (primary N) is 2. The van der Waals surface area contributed by atoms with Crippen LogP contribution in [0, 0.1) is 0 Å². The standard InChI is InChI=1S/C50H68N14O10/c1-3-4-16-35(58-29(2)65)43(67)64-41-25-42(66)54-20-11-10-18-37(49(73)74)60-46(70)39(23-31-26-56-34-17-9-8-15-33(31)34)62-44(68)36(19-12-21-55-50(51)52)59-45(69)38(22-30-13-6-5-7-14-30)61-47(71)40(63-48(41)72)24-32-27-53-28-57-32/h5-9,13-15,17,26-28,35-41,56H,3-4,10-12,16,18-25H2,1-2H3,(H,53,57)(H,54,66)(H,58,65)(H,59,69)(H,60,70)(H,61,71)(H,62,68)(H,63,72)(H,64,67)(H,73,74)(H4,51,52,55)/t35-,36+,37-,38+,39+,40+,41-/m0/s1. The van der Waals surface area contributed by atoms with Crippen LogP contribution in [0.4, 0.5) is 0 Å². The molecule has 5 rings (SSSR count). The summed E-state index contributed by atoms with van der Waals surface area (Å²) in [6.07, 6.45) is 5.28. The highest BCUT2D eigenvalue weighted by atomic mass is 16.4. The van der Waals surface area contributed by atoms with Crippen molar-refractivity contribution in [1.82, 2.24) is 57.5 Å². The first-order chi connectivity index (χ1) is 35.5. The third-order valence-corrected chi connectivity index (χ3v) is 12.3. The van der Waals surface area contributed by atoms with E-state index in [1.807, 2.05) is 25.1 Å². The Hall–Kier alpha value is -8.31. The summed E-state index contributed by atoms with van der Waals surface area (Å²) < 4.78 is 0. The Morgan fingerprint density at radius 1 is 0.784 bits per heavy atom. The maximum atomic E-state index is 14.7. The minimum Gasteiger partial charge on any atom is -0.480 e. The molecular formula is C50H68N14O10. The molecule has 1 aliphatic heterocycles. The summed E-state index contributed by atoms with van der Waals surface area (Å²) >= 11 is 0. The SMILES string of the molecule is CCCC[C@H](NC(C)=O)C(=O)N[C@H]1CC(=O)NCCCC[C@@H](C(=O)O)NC(=O)[C@@H](Cc2c[nH]c3ccccc23)NC(=O)[C@@H](CCCN=C(N)N)NC(=O)[C@@H](Cc2ccccc2)NC(=O)[C@@H](Cc2cnc[nH]2)NC1=O. The number of aliphatic carboxylic acids is 1. The number of amides is 8. The van der Waals surface area contributed by atoms with Crippen molar-refractivity contribution in [2.45, 2.75) is 133 Å². The lowest BCUT2D eigenvalue weighted by Gasteiger charge is -2.28. The first-order valence-electron chi connectivity index (χ1n) is 24.7. The summed E-state index contributed by atoms with van der Waals surface area (Å²) in [6.45, 7) is 3.19. The highest BCUT2D eigenvalue weighted by Gasteiger charge is 2.35. The number of aliphatic imine (C=N–C) groups is 1. The van der Waals surface area contributed by atoms with Crippen molar-refractivity contribution < 1.29 is 48.3 Å². The minimum absolute atomic E-state index is 0.00489. The minimum atomic E-state index is -1.59. The number of guanidine groups is 1. The Morgan fingerprint density at radius 2 is 1.43 bits per heavy atom. The smallest absolute Gasteiger partial charge is 0.326 e. The topological polar surface area (TPSA) is 379 Å². The van der Waals surface area contributed by atoms with E-state index in [1.54, 1.807) is 42.6 Å². The molecule has 24 heteroatoms. The van der Waals surface area contributed by atoms with Crippen molar-refractivity contribution in [3.05, 3.63) is 90.1 Å². The van der Waals surface area contributed by atoms with Gasteiger partial charge in [-0.25, -0.2) is 9.78 Å². The number of fused-ring (bicyclic) bond motifs is 1. The van der Waals surface area contributed by atoms with Gasteiger partial charge in [-0.05, 0) is 55.7 Å². The quantitative estimate of drug-likeness (QED) is 0.0356. The van der Waals surface area contributed by atoms with Crippen molar-refractivity contribution in [2.75, 3.05) is 13.1 Å². The van der Waals surface area contributed by atoms with Gasteiger partial charge in [-0.3, -0.25) is 43.3 Å². The maximum Gasteiger partial charge on any atom is 0.326 e. The van der Waals surface area contributed by atoms with Crippen molar-refractivity contribution in [2.24, 2.45) is 16.5 Å². The maximum absolute atomic E-state index is 14.7. The molecule has 1 fully saturated rings. The number of nitrogens with zero attached hydrogens (tertiary/aromatic N) is 2. The molecule has 0 spiro atoms. The van der Waals surface area contributed by atoms with Crippen LogP contribution in [0.25, 0.3) is 10.9 Å². The molecule has 24 nitrogen and oxygen atoms in total. The molecule has 2 aromatic heterocycles. The molecule has 0 saturated carbocycles. The van der Waals surface area contributed by atoms with Gasteiger partial charge in [0.15, 0.2) is 5.96 Å². The highest BCUT2D eigenvalue weighted by molar-refractivity contribution is 5.99. The molecule has 4 aromatic rings. The van der Waals surface area contributed by atoms with Gasteiger partial charge in [0.05, 0.1) is 12.7 Å². The predicted octanol–water partition coefficient (Wildman–Crippen LogP) is -0.649. The van der Waals surface area contributed by atoms with E-state index >= 15 is 0 Å². The fourth-order valence-electron chi connectivity index (χ4n) is 8.37. The number of carbonyl (C=O) groups is 9. The third-order valence-electron chi connectivity index (χ3n) is 12.3. The van der Waals surface area contributed by atoms with Gasteiger partial charge >= 0.3 is 5.97 Å². The number of rotatable bonds is 17. The largest absolute Gasteiger partial charge is 0.480 e. The molecule has 8 amide bonds. The molecule has 0 unspecified atom stereocenters. The summed E-state index contributed by atoms with van der Waals surface area (Å²) in [5.74, 6) is -7.80. The molecule has 2 aromatic carbocycles. The van der Waals surface area contributed by atoms with Gasteiger partial charge in [0.1, 0.15) is 42.3 Å². The van der Waals surface area contributed by atoms with E-state index in [4.69, 9.17) is 11.5 Å². The van der Waals surface area contributed by atoms with Gasteiger partial charge in [0.25, 0.3) is 0 Å². The van der Waals surface area contributed by atoms with Gasteiger partial charge in [-0.2, -0.15) is 0 Å². The molecular weight excluding hydrogens is 957 g/mol. The molecule has 74 heavy (non-hydrogen) atoms. The fourth-order valence-corrected chi connectivity index (χ4v) is 8.37. The number of H-pyrrole nitrogens is 2. The number of aromatic nitrogens is 3. The highest BCUT2D eigenvalue weighted by Crippen LogP contribution is 2.20. The first-order valence-corrected chi connectivity index (χ1v) is 24.7. The molecule has 1 aliphatic rings. The molecule has 0 bridgehead atoms. The Morgan fingerprint density at radius 3 is 2.11 bits per heavy atom. The molecule has 1 saturated heterocycles. The average Bonchev–Trinajstić information content (AvgIpc) is 4.04. The van der Waals surface area contributed by atoms with Gasteiger partial charge in [0.2, 0.25) is 47.3 Å². The van der Waals surface area contributed by atoms with Crippen molar-refractivity contribution in [3.8, 4) is 0 Å². The van der Waals surface area contributed by atoms with E-state index < -0.39 is 102 Å². The van der Waals surface area contributed by atoms with Gasteiger partial charge < -0.3 is 69.1 Å². The zero-order valence-corrected chi connectivity index (χ0v) is 41.5. The summed E-state index contributed by atoms with van der Waals surface area (Å²) in [5.41, 5.74) is 13.5. The van der Waals surface area contributed by atoms with Crippen LogP contribution in [0.3, 0.4) is 0 Å². The van der Waals surface area contributed by atoms with Gasteiger partial charge in [-0.15, -0.1) is 0 Å². The zero-order valence-electron chi connectivity index (χ0n) is 41.5. The second kappa shape index (κ2) is 28.7. The van der Waals surface area contributed by atoms with Crippen LogP contribution in [0.15, 0.2) is 78.3 Å². The number of unbranched alkanes of at least 4 members (excludes halogenated alkanes) is 1. The van der Waals surface area contributed by atoms with Gasteiger partial charge in [-0.1, -0.05) is 68.3 Å². The van der Waals surface area contributed by atoms with Crippen molar-refractivity contribution in [1.29, 1.82) is 0 Å². The number of nitrogens with one attached hydrogen (secondary N) is 10. The number of carbonyl (C=O) groups excluding carboxylic acids is 8. The Kier molecular flexibility index (Phi) is 21.9. The number of benzene rings is 2. The van der Waals surface area contributed by atoms with Crippen LogP contribution < -0.4 is 54.0 Å². The molecule has 7 atom stereocenters. The first kappa shape index (κ1) is 56.6. The van der Waals surface area contributed by atoms with E-state index in [1.165, 1.54) is 19.4 Å². The Balaban J connectivity index is 1.55. The number of para-hydroxylation sites is 1. The third kappa shape index (κ3) is 18.1. The van der Waals surface area contributed by atoms with E-state index in [0.29, 0.717) is 29.7 Å². The number of carboxylic acids is 1. The molecule has 3 heterocycles. The molecule has 0 radical (unpaired) electrons. The summed E-state index contributed by atoms with van der Waals surface area (Å²) in [7, 11) is 0. The summed E-state index contributed by atoms with van der Waals surface area (Å²) in [5, 5.41) is 32.3. The lowest BCUT2D eigenvalue weighted by Crippen LogP contribution is -2.61. The van der Waals surface area contributed by atoms with Crippen LogP contribution >= 0.6 is 0 Å². The second-order valence-electron chi connectivity index (χ2n) is 18.1. The molecule has 0 aliphatic carbocycles. The second-order valence-corrected chi connectivity index (χ2v) is 18.1.